The van der Waals surface area contributed by atoms with Crippen LogP contribution in [0.15, 0.2) is 0 Å². The van der Waals surface area contributed by atoms with E-state index in [9.17, 15) is 9.90 Å². The Labute approximate surface area is 201 Å². The SMILES string of the molecule is CC(=O)OC1CCC2(C)C(CCC3C2CCC2(C)C3CC3OC(CCC(C)CO)C(C)C32)C1. The molecule has 4 saturated carbocycles. The molecule has 12 unspecified atom stereocenters. The molecule has 5 fully saturated rings. The average molecular weight is 461 g/mol. The maximum absolute atomic E-state index is 11.5. The first kappa shape index (κ1) is 24.1. The van der Waals surface area contributed by atoms with Gasteiger partial charge in [0.15, 0.2) is 0 Å². The Morgan fingerprint density at radius 3 is 2.58 bits per heavy atom. The molecule has 0 aromatic rings. The van der Waals surface area contributed by atoms with Gasteiger partial charge in [0.1, 0.15) is 6.10 Å². The van der Waals surface area contributed by atoms with Crippen LogP contribution < -0.4 is 0 Å². The molecule has 1 aliphatic heterocycles. The third kappa shape index (κ3) is 3.90. The number of hydrogen-bond acceptors (Lipinski definition) is 4. The number of carbonyl (C=O) groups excluding carboxylic acids is 1. The number of esters is 1. The largest absolute Gasteiger partial charge is 0.463 e. The molecule has 0 bridgehead atoms. The van der Waals surface area contributed by atoms with Crippen molar-refractivity contribution in [2.24, 2.45) is 52.3 Å². The van der Waals surface area contributed by atoms with Crippen molar-refractivity contribution in [3.05, 3.63) is 0 Å². The molecule has 188 valence electrons. The summed E-state index contributed by atoms with van der Waals surface area (Å²) in [4.78, 5) is 11.5. The van der Waals surface area contributed by atoms with Crippen LogP contribution in [-0.4, -0.2) is 36.0 Å². The third-order valence-corrected chi connectivity index (χ3v) is 11.8. The van der Waals surface area contributed by atoms with Gasteiger partial charge in [-0.2, -0.15) is 0 Å². The first-order valence-corrected chi connectivity index (χ1v) is 14.1. The Hall–Kier alpha value is -0.610. The molecular formula is C29H48O4. The molecular weight excluding hydrogens is 412 g/mol. The van der Waals surface area contributed by atoms with Crippen molar-refractivity contribution >= 4 is 5.97 Å². The maximum Gasteiger partial charge on any atom is 0.302 e. The van der Waals surface area contributed by atoms with Crippen molar-refractivity contribution in [3.63, 3.8) is 0 Å². The molecule has 1 heterocycles. The minimum atomic E-state index is -0.110. The van der Waals surface area contributed by atoms with E-state index in [1.165, 1.54) is 38.5 Å². The van der Waals surface area contributed by atoms with Crippen LogP contribution in [0.2, 0.25) is 0 Å². The molecule has 5 rings (SSSR count). The second kappa shape index (κ2) is 8.80. The topological polar surface area (TPSA) is 55.8 Å². The van der Waals surface area contributed by atoms with E-state index >= 15 is 0 Å². The third-order valence-electron chi connectivity index (χ3n) is 11.8. The van der Waals surface area contributed by atoms with Gasteiger partial charge < -0.3 is 14.6 Å². The van der Waals surface area contributed by atoms with Gasteiger partial charge in [0.05, 0.1) is 12.2 Å². The molecule has 12 atom stereocenters. The minimum absolute atomic E-state index is 0.110. The van der Waals surface area contributed by atoms with E-state index in [2.05, 4.69) is 27.7 Å². The molecule has 0 aromatic carbocycles. The van der Waals surface area contributed by atoms with E-state index in [0.29, 0.717) is 40.8 Å². The number of aliphatic hydroxyl groups is 1. The van der Waals surface area contributed by atoms with E-state index in [0.717, 1.165) is 49.4 Å². The average Bonchev–Trinajstić information content (AvgIpc) is 3.25. The van der Waals surface area contributed by atoms with Crippen molar-refractivity contribution in [3.8, 4) is 0 Å². The number of fused-ring (bicyclic) bond motifs is 7. The van der Waals surface area contributed by atoms with Gasteiger partial charge in [-0.05, 0) is 116 Å². The number of rotatable bonds is 5. The van der Waals surface area contributed by atoms with Crippen LogP contribution in [0.1, 0.15) is 98.8 Å². The van der Waals surface area contributed by atoms with Crippen LogP contribution in [0.5, 0.6) is 0 Å². The standard InChI is InChI=1S/C29H48O4/c1-17(16-30)6-9-25-18(2)27-26(33-25)15-24-22-8-7-20-14-21(32-19(3)31)10-12-28(20,4)23(22)11-13-29(24,27)5/h17-18,20-27,30H,6-16H2,1-5H3. The summed E-state index contributed by atoms with van der Waals surface area (Å²) in [7, 11) is 0. The Morgan fingerprint density at radius 1 is 1.09 bits per heavy atom. The van der Waals surface area contributed by atoms with E-state index in [1.807, 2.05) is 0 Å². The highest BCUT2D eigenvalue weighted by Gasteiger charge is 2.65. The van der Waals surface area contributed by atoms with E-state index in [4.69, 9.17) is 9.47 Å². The fourth-order valence-corrected chi connectivity index (χ4v) is 10.1. The summed E-state index contributed by atoms with van der Waals surface area (Å²) in [5.74, 6) is 4.84. The molecule has 0 aromatic heterocycles. The van der Waals surface area contributed by atoms with Gasteiger partial charge in [-0.25, -0.2) is 0 Å². The van der Waals surface area contributed by atoms with Crippen LogP contribution in [0.25, 0.3) is 0 Å². The normalized spacial score (nSPS) is 51.8. The fraction of sp³-hybridized carbons (Fsp3) is 0.966. The molecule has 1 N–H and O–H groups in total. The van der Waals surface area contributed by atoms with Crippen molar-refractivity contribution in [1.82, 2.24) is 0 Å². The second-order valence-corrected chi connectivity index (χ2v) is 13.4. The van der Waals surface area contributed by atoms with Gasteiger partial charge in [-0.1, -0.05) is 27.7 Å². The van der Waals surface area contributed by atoms with Crippen molar-refractivity contribution in [1.29, 1.82) is 0 Å². The number of carbonyl (C=O) groups is 1. The fourth-order valence-electron chi connectivity index (χ4n) is 10.1. The molecule has 4 aliphatic carbocycles. The Balaban J connectivity index is 1.29. The zero-order chi connectivity index (χ0) is 23.5. The van der Waals surface area contributed by atoms with Crippen LogP contribution in [0, 0.1) is 52.3 Å². The molecule has 33 heavy (non-hydrogen) atoms. The van der Waals surface area contributed by atoms with Crippen LogP contribution >= 0.6 is 0 Å². The highest BCUT2D eigenvalue weighted by Crippen LogP contribution is 2.70. The van der Waals surface area contributed by atoms with E-state index < -0.39 is 0 Å². The molecule has 0 radical (unpaired) electrons. The van der Waals surface area contributed by atoms with Crippen molar-refractivity contribution in [2.45, 2.75) is 117 Å². The molecule has 1 saturated heterocycles. The van der Waals surface area contributed by atoms with Gasteiger partial charge >= 0.3 is 5.97 Å². The molecule has 0 amide bonds. The lowest BCUT2D eigenvalue weighted by molar-refractivity contribution is -0.160. The Morgan fingerprint density at radius 2 is 1.85 bits per heavy atom. The first-order valence-electron chi connectivity index (χ1n) is 14.1. The van der Waals surface area contributed by atoms with Crippen LogP contribution in [0.3, 0.4) is 0 Å². The lowest BCUT2D eigenvalue weighted by Crippen LogP contribution is -2.54. The quantitative estimate of drug-likeness (QED) is 0.511. The smallest absolute Gasteiger partial charge is 0.302 e. The van der Waals surface area contributed by atoms with Gasteiger partial charge in [-0.3, -0.25) is 4.79 Å². The summed E-state index contributed by atoms with van der Waals surface area (Å²) >= 11 is 0. The van der Waals surface area contributed by atoms with E-state index in [1.54, 1.807) is 6.92 Å². The summed E-state index contributed by atoms with van der Waals surface area (Å²) in [5, 5.41) is 9.43. The number of hydrogen-bond donors (Lipinski definition) is 1. The molecule has 0 spiro atoms. The maximum atomic E-state index is 11.5. The number of ether oxygens (including phenoxy) is 2. The highest BCUT2D eigenvalue weighted by atomic mass is 16.5. The summed E-state index contributed by atoms with van der Waals surface area (Å²) < 4.78 is 12.4. The van der Waals surface area contributed by atoms with Gasteiger partial charge in [-0.15, -0.1) is 0 Å². The summed E-state index contributed by atoms with van der Waals surface area (Å²) in [5.41, 5.74) is 0.856. The molecule has 4 heteroatoms. The Bertz CT molecular complexity index is 737. The zero-order valence-electron chi connectivity index (χ0n) is 21.7. The van der Waals surface area contributed by atoms with Gasteiger partial charge in [0.2, 0.25) is 0 Å². The predicted octanol–water partition coefficient (Wildman–Crippen LogP) is 6.00. The monoisotopic (exact) mass is 460 g/mol. The summed E-state index contributed by atoms with van der Waals surface area (Å²) in [6.07, 6.45) is 13.2. The van der Waals surface area contributed by atoms with Gasteiger partial charge in [0.25, 0.3) is 0 Å². The van der Waals surface area contributed by atoms with Crippen LogP contribution in [0.4, 0.5) is 0 Å². The van der Waals surface area contributed by atoms with Crippen LogP contribution in [-0.2, 0) is 14.3 Å². The molecule has 4 nitrogen and oxygen atoms in total. The summed E-state index contributed by atoms with van der Waals surface area (Å²) in [6, 6.07) is 0. The van der Waals surface area contributed by atoms with Crippen molar-refractivity contribution in [2.75, 3.05) is 6.61 Å². The molecule has 5 aliphatic rings. The zero-order valence-corrected chi connectivity index (χ0v) is 21.7. The van der Waals surface area contributed by atoms with E-state index in [-0.39, 0.29) is 18.7 Å². The lowest BCUT2D eigenvalue weighted by atomic mass is 9.44. The minimum Gasteiger partial charge on any atom is -0.463 e. The lowest BCUT2D eigenvalue weighted by Gasteiger charge is -2.61. The summed E-state index contributed by atoms with van der Waals surface area (Å²) in [6.45, 7) is 11.7. The Kier molecular flexibility index (Phi) is 6.43. The van der Waals surface area contributed by atoms with Crippen molar-refractivity contribution < 1.29 is 19.4 Å². The predicted molar refractivity (Wildman–Crippen MR) is 129 cm³/mol. The van der Waals surface area contributed by atoms with Gasteiger partial charge in [0, 0.05) is 13.5 Å². The highest BCUT2D eigenvalue weighted by molar-refractivity contribution is 5.66. The number of aliphatic hydroxyl groups excluding tert-OH is 1. The first-order chi connectivity index (χ1) is 15.7. The second-order valence-electron chi connectivity index (χ2n) is 13.4.